The van der Waals surface area contributed by atoms with Crippen LogP contribution in [0.3, 0.4) is 0 Å². The molecular formula is C16H25FN2. The summed E-state index contributed by atoms with van der Waals surface area (Å²) in [7, 11) is 0. The van der Waals surface area contributed by atoms with Crippen molar-refractivity contribution in [2.75, 3.05) is 11.4 Å². The Morgan fingerprint density at radius 2 is 2.16 bits per heavy atom. The molecule has 2 nitrogen and oxygen atoms in total. The van der Waals surface area contributed by atoms with Gasteiger partial charge in [0.15, 0.2) is 0 Å². The molecule has 0 spiro atoms. The van der Waals surface area contributed by atoms with Gasteiger partial charge in [-0.05, 0) is 38.3 Å². The van der Waals surface area contributed by atoms with Gasteiger partial charge < -0.3 is 10.6 Å². The van der Waals surface area contributed by atoms with E-state index in [9.17, 15) is 4.39 Å². The molecule has 1 aromatic rings. The summed E-state index contributed by atoms with van der Waals surface area (Å²) >= 11 is 0. The Balaban J connectivity index is 2.40. The Labute approximate surface area is 115 Å². The Morgan fingerprint density at radius 1 is 1.37 bits per heavy atom. The predicted octanol–water partition coefficient (Wildman–Crippen LogP) is 4.00. The first-order valence-corrected chi connectivity index (χ1v) is 7.45. The van der Waals surface area contributed by atoms with Gasteiger partial charge in [-0.3, -0.25) is 0 Å². The number of anilines is 1. The van der Waals surface area contributed by atoms with Crippen molar-refractivity contribution >= 4 is 5.69 Å². The van der Waals surface area contributed by atoms with Crippen molar-refractivity contribution in [2.24, 2.45) is 5.73 Å². The maximum atomic E-state index is 14.1. The van der Waals surface area contributed by atoms with Crippen LogP contribution in [0.15, 0.2) is 18.2 Å². The summed E-state index contributed by atoms with van der Waals surface area (Å²) in [5.74, 6) is -0.174. The van der Waals surface area contributed by atoms with Gasteiger partial charge >= 0.3 is 0 Å². The number of nitrogens with zero attached hydrogens (tertiary/aromatic N) is 1. The summed E-state index contributed by atoms with van der Waals surface area (Å²) in [5.41, 5.74) is 7.65. The zero-order chi connectivity index (χ0) is 13.8. The van der Waals surface area contributed by atoms with Gasteiger partial charge in [0, 0.05) is 29.9 Å². The number of halogens is 1. The number of hydrogen-bond donors (Lipinski definition) is 1. The molecule has 0 amide bonds. The van der Waals surface area contributed by atoms with Crippen LogP contribution >= 0.6 is 0 Å². The van der Waals surface area contributed by atoms with Gasteiger partial charge in [-0.15, -0.1) is 0 Å². The van der Waals surface area contributed by atoms with Crippen LogP contribution in [0.4, 0.5) is 10.1 Å². The van der Waals surface area contributed by atoms with Crippen LogP contribution in [0.5, 0.6) is 0 Å². The van der Waals surface area contributed by atoms with Gasteiger partial charge in [-0.25, -0.2) is 4.39 Å². The van der Waals surface area contributed by atoms with Crippen molar-refractivity contribution in [3.8, 4) is 0 Å². The molecule has 106 valence electrons. The molecule has 19 heavy (non-hydrogen) atoms. The quantitative estimate of drug-likeness (QED) is 0.894. The standard InChI is InChI=1S/C16H25FN2/c1-3-13-8-5-4-6-11-19(13)15-10-7-9-14(17)16(15)12(2)18/h7,9-10,12-13H,3-6,8,11,18H2,1-2H3. The van der Waals surface area contributed by atoms with Crippen molar-refractivity contribution < 1.29 is 4.39 Å². The van der Waals surface area contributed by atoms with Crippen molar-refractivity contribution in [1.29, 1.82) is 0 Å². The van der Waals surface area contributed by atoms with E-state index in [2.05, 4.69) is 11.8 Å². The van der Waals surface area contributed by atoms with E-state index in [-0.39, 0.29) is 11.9 Å². The van der Waals surface area contributed by atoms with Crippen molar-refractivity contribution in [3.63, 3.8) is 0 Å². The minimum Gasteiger partial charge on any atom is -0.368 e. The highest BCUT2D eigenvalue weighted by Gasteiger charge is 2.24. The lowest BCUT2D eigenvalue weighted by Crippen LogP contribution is -2.35. The number of nitrogens with two attached hydrogens (primary N) is 1. The lowest BCUT2D eigenvalue weighted by Gasteiger charge is -2.34. The van der Waals surface area contributed by atoms with Gasteiger partial charge in [0.1, 0.15) is 5.82 Å². The molecule has 2 N–H and O–H groups in total. The van der Waals surface area contributed by atoms with Gasteiger partial charge in [0.25, 0.3) is 0 Å². The number of rotatable bonds is 3. The third kappa shape index (κ3) is 3.08. The molecule has 0 saturated carbocycles. The smallest absolute Gasteiger partial charge is 0.130 e. The fraction of sp³-hybridized carbons (Fsp3) is 0.625. The molecule has 3 heteroatoms. The molecule has 0 aliphatic carbocycles. The third-order valence-corrected chi connectivity index (χ3v) is 4.14. The van der Waals surface area contributed by atoms with E-state index >= 15 is 0 Å². The second-order valence-corrected chi connectivity index (χ2v) is 5.57. The van der Waals surface area contributed by atoms with Crippen LogP contribution in [0.2, 0.25) is 0 Å². The third-order valence-electron chi connectivity index (χ3n) is 4.14. The molecule has 2 rings (SSSR count). The van der Waals surface area contributed by atoms with Crippen LogP contribution in [0.25, 0.3) is 0 Å². The maximum Gasteiger partial charge on any atom is 0.130 e. The molecule has 0 bridgehead atoms. The fourth-order valence-corrected chi connectivity index (χ4v) is 3.15. The summed E-state index contributed by atoms with van der Waals surface area (Å²) in [6.07, 6.45) is 6.04. The van der Waals surface area contributed by atoms with E-state index in [4.69, 9.17) is 5.73 Å². The van der Waals surface area contributed by atoms with Crippen molar-refractivity contribution in [3.05, 3.63) is 29.6 Å². The molecule has 1 aliphatic heterocycles. The summed E-state index contributed by atoms with van der Waals surface area (Å²) in [4.78, 5) is 2.38. The fourth-order valence-electron chi connectivity index (χ4n) is 3.15. The van der Waals surface area contributed by atoms with Crippen LogP contribution < -0.4 is 10.6 Å². The van der Waals surface area contributed by atoms with Gasteiger partial charge in [0.05, 0.1) is 0 Å². The molecule has 0 aromatic heterocycles. The highest BCUT2D eigenvalue weighted by Crippen LogP contribution is 2.32. The zero-order valence-corrected chi connectivity index (χ0v) is 12.0. The van der Waals surface area contributed by atoms with E-state index in [1.54, 1.807) is 6.07 Å². The normalized spacial score (nSPS) is 22.1. The number of benzene rings is 1. The van der Waals surface area contributed by atoms with Crippen LogP contribution in [0.1, 0.15) is 57.6 Å². The minimum absolute atomic E-state index is 0.174. The lowest BCUT2D eigenvalue weighted by atomic mass is 10.0. The Kier molecular flexibility index (Phi) is 4.81. The van der Waals surface area contributed by atoms with Crippen molar-refractivity contribution in [2.45, 2.75) is 58.0 Å². The molecule has 0 radical (unpaired) electrons. The van der Waals surface area contributed by atoms with Crippen molar-refractivity contribution in [1.82, 2.24) is 0 Å². The lowest BCUT2D eigenvalue weighted by molar-refractivity contribution is 0.545. The van der Waals surface area contributed by atoms with E-state index in [1.807, 2.05) is 13.0 Å². The van der Waals surface area contributed by atoms with Crippen LogP contribution in [-0.2, 0) is 0 Å². The Morgan fingerprint density at radius 3 is 2.84 bits per heavy atom. The molecule has 1 fully saturated rings. The summed E-state index contributed by atoms with van der Waals surface area (Å²) < 4.78 is 14.1. The second kappa shape index (κ2) is 6.38. The minimum atomic E-state index is -0.267. The van der Waals surface area contributed by atoms with E-state index in [0.29, 0.717) is 11.6 Å². The average Bonchev–Trinajstić information content (AvgIpc) is 2.62. The van der Waals surface area contributed by atoms with E-state index in [0.717, 1.165) is 18.7 Å². The zero-order valence-electron chi connectivity index (χ0n) is 12.0. The molecule has 2 unspecified atom stereocenters. The average molecular weight is 264 g/mol. The molecule has 1 saturated heterocycles. The van der Waals surface area contributed by atoms with E-state index < -0.39 is 0 Å². The topological polar surface area (TPSA) is 29.3 Å². The van der Waals surface area contributed by atoms with Crippen LogP contribution in [0, 0.1) is 5.82 Å². The molecule has 2 atom stereocenters. The SMILES string of the molecule is CCC1CCCCCN1c1cccc(F)c1C(C)N. The van der Waals surface area contributed by atoms with Crippen LogP contribution in [-0.4, -0.2) is 12.6 Å². The largest absolute Gasteiger partial charge is 0.368 e. The van der Waals surface area contributed by atoms with Gasteiger partial charge in [-0.2, -0.15) is 0 Å². The summed E-state index contributed by atoms with van der Waals surface area (Å²) in [6, 6.07) is 5.59. The first kappa shape index (κ1) is 14.3. The van der Waals surface area contributed by atoms with Gasteiger partial charge in [-0.1, -0.05) is 25.8 Å². The summed E-state index contributed by atoms with van der Waals surface area (Å²) in [5, 5.41) is 0. The Bertz CT molecular complexity index is 417. The first-order valence-electron chi connectivity index (χ1n) is 7.45. The first-order chi connectivity index (χ1) is 9.15. The monoisotopic (exact) mass is 264 g/mol. The highest BCUT2D eigenvalue weighted by molar-refractivity contribution is 5.56. The second-order valence-electron chi connectivity index (χ2n) is 5.57. The molecule has 1 heterocycles. The molecular weight excluding hydrogens is 239 g/mol. The maximum absolute atomic E-state index is 14.1. The Hall–Kier alpha value is -1.09. The van der Waals surface area contributed by atoms with E-state index in [1.165, 1.54) is 31.7 Å². The molecule has 1 aliphatic rings. The van der Waals surface area contributed by atoms with Gasteiger partial charge in [0.2, 0.25) is 0 Å². The summed E-state index contributed by atoms with van der Waals surface area (Å²) in [6.45, 7) is 5.09. The number of hydrogen-bond acceptors (Lipinski definition) is 2. The molecule has 1 aromatic carbocycles. The highest BCUT2D eigenvalue weighted by atomic mass is 19.1. The predicted molar refractivity (Wildman–Crippen MR) is 78.9 cm³/mol.